The molecule has 7 nitrogen and oxygen atoms in total. The molecule has 2 N–H and O–H groups in total. The van der Waals surface area contributed by atoms with Gasteiger partial charge in [-0.15, -0.1) is 6.42 Å². The first-order valence-electron chi connectivity index (χ1n) is 10.2. The van der Waals surface area contributed by atoms with Gasteiger partial charge in [-0.2, -0.15) is 5.10 Å². The molecule has 0 saturated carbocycles. The third kappa shape index (κ3) is 7.22. The Kier molecular flexibility index (Phi) is 9.70. The minimum absolute atomic E-state index is 0.0263. The Morgan fingerprint density at radius 3 is 2.64 bits per heavy atom. The summed E-state index contributed by atoms with van der Waals surface area (Å²) in [5.41, 5.74) is 2.77. The van der Waals surface area contributed by atoms with Crippen molar-refractivity contribution in [3.63, 3.8) is 0 Å². The van der Waals surface area contributed by atoms with Crippen molar-refractivity contribution in [1.82, 2.24) is 10.7 Å². The molecule has 0 aliphatic carbocycles. The van der Waals surface area contributed by atoms with Crippen LogP contribution in [0, 0.1) is 24.1 Å². The summed E-state index contributed by atoms with van der Waals surface area (Å²) in [6.45, 7) is 5.70. The number of rotatable bonds is 10. The van der Waals surface area contributed by atoms with Crippen molar-refractivity contribution in [2.45, 2.75) is 26.8 Å². The minimum atomic E-state index is -0.934. The number of carbonyl (C=O) groups excluding carboxylic acids is 2. The number of hydrogen-bond acceptors (Lipinski definition) is 5. The SMILES string of the molecule is C#CCOc1c(Cl)cc(/C=N/NC(=O)C(NC(=O)c2ccccc2F)C(C)C)cc1OCC. The highest BCUT2D eigenvalue weighted by atomic mass is 35.5. The molecule has 0 aliphatic rings. The van der Waals surface area contributed by atoms with Gasteiger partial charge in [-0.1, -0.05) is 43.5 Å². The van der Waals surface area contributed by atoms with Crippen LogP contribution in [-0.2, 0) is 4.79 Å². The van der Waals surface area contributed by atoms with Crippen molar-refractivity contribution in [2.75, 3.05) is 13.2 Å². The average molecular weight is 474 g/mol. The monoisotopic (exact) mass is 473 g/mol. The fourth-order valence-corrected chi connectivity index (χ4v) is 3.09. The zero-order chi connectivity index (χ0) is 24.4. The Balaban J connectivity index is 2.12. The van der Waals surface area contributed by atoms with E-state index in [1.54, 1.807) is 26.0 Å². The van der Waals surface area contributed by atoms with Crippen LogP contribution >= 0.6 is 11.6 Å². The molecule has 1 unspecified atom stereocenters. The Bertz CT molecular complexity index is 1070. The number of nitrogens with one attached hydrogen (secondary N) is 2. The second-order valence-electron chi connectivity index (χ2n) is 7.17. The van der Waals surface area contributed by atoms with Crippen molar-refractivity contribution < 1.29 is 23.5 Å². The highest BCUT2D eigenvalue weighted by molar-refractivity contribution is 6.32. The topological polar surface area (TPSA) is 89.0 Å². The molecule has 0 radical (unpaired) electrons. The summed E-state index contributed by atoms with van der Waals surface area (Å²) in [6, 6.07) is 7.81. The Morgan fingerprint density at radius 1 is 1.27 bits per heavy atom. The Hall–Kier alpha value is -3.57. The lowest BCUT2D eigenvalue weighted by Gasteiger charge is -2.20. The van der Waals surface area contributed by atoms with E-state index < -0.39 is 23.7 Å². The second kappa shape index (κ2) is 12.5. The fourth-order valence-electron chi connectivity index (χ4n) is 2.82. The number of carbonyl (C=O) groups is 2. The number of terminal acetylenes is 1. The number of benzene rings is 2. The summed E-state index contributed by atoms with van der Waals surface area (Å²) in [4.78, 5) is 25.0. The molecule has 0 aliphatic heterocycles. The van der Waals surface area contributed by atoms with Crippen molar-refractivity contribution >= 4 is 29.6 Å². The fraction of sp³-hybridized carbons (Fsp3) is 0.292. The van der Waals surface area contributed by atoms with Gasteiger partial charge in [0.15, 0.2) is 11.5 Å². The van der Waals surface area contributed by atoms with E-state index in [0.717, 1.165) is 0 Å². The number of halogens is 2. The maximum Gasteiger partial charge on any atom is 0.262 e. The van der Waals surface area contributed by atoms with E-state index in [-0.39, 0.29) is 23.1 Å². The van der Waals surface area contributed by atoms with E-state index in [2.05, 4.69) is 21.8 Å². The first-order chi connectivity index (χ1) is 15.8. The van der Waals surface area contributed by atoms with E-state index in [4.69, 9.17) is 27.5 Å². The van der Waals surface area contributed by atoms with Gasteiger partial charge < -0.3 is 14.8 Å². The molecule has 0 saturated heterocycles. The van der Waals surface area contributed by atoms with Gasteiger partial charge in [0, 0.05) is 0 Å². The molecule has 1 atom stereocenters. The maximum atomic E-state index is 13.9. The van der Waals surface area contributed by atoms with Gasteiger partial charge in [0.05, 0.1) is 23.4 Å². The van der Waals surface area contributed by atoms with Gasteiger partial charge >= 0.3 is 0 Å². The van der Waals surface area contributed by atoms with E-state index in [9.17, 15) is 14.0 Å². The van der Waals surface area contributed by atoms with Gasteiger partial charge in [0.1, 0.15) is 18.5 Å². The van der Waals surface area contributed by atoms with Gasteiger partial charge in [-0.05, 0) is 42.7 Å². The summed E-state index contributed by atoms with van der Waals surface area (Å²) in [5, 5.41) is 6.75. The van der Waals surface area contributed by atoms with E-state index in [1.807, 2.05) is 6.92 Å². The van der Waals surface area contributed by atoms with Crippen molar-refractivity contribution in [1.29, 1.82) is 0 Å². The highest BCUT2D eigenvalue weighted by Crippen LogP contribution is 2.36. The summed E-state index contributed by atoms with van der Waals surface area (Å²) in [6.07, 6.45) is 6.59. The molecule has 2 rings (SSSR count). The molecular formula is C24H25ClFN3O4. The molecule has 0 aromatic heterocycles. The molecule has 174 valence electrons. The smallest absolute Gasteiger partial charge is 0.262 e. The second-order valence-corrected chi connectivity index (χ2v) is 7.57. The van der Waals surface area contributed by atoms with Crippen LogP contribution in [0.4, 0.5) is 4.39 Å². The average Bonchev–Trinajstić information content (AvgIpc) is 2.77. The van der Waals surface area contributed by atoms with Crippen LogP contribution in [0.25, 0.3) is 0 Å². The van der Waals surface area contributed by atoms with Crippen LogP contribution in [-0.4, -0.2) is 37.3 Å². The molecule has 0 heterocycles. The molecule has 0 fully saturated rings. The van der Waals surface area contributed by atoms with Crippen LogP contribution in [0.3, 0.4) is 0 Å². The quantitative estimate of drug-likeness (QED) is 0.312. The molecule has 2 amide bonds. The predicted octanol–water partition coefficient (Wildman–Crippen LogP) is 3.79. The van der Waals surface area contributed by atoms with E-state index >= 15 is 0 Å². The van der Waals surface area contributed by atoms with Crippen molar-refractivity contribution in [2.24, 2.45) is 11.0 Å². The summed E-state index contributed by atoms with van der Waals surface area (Å²) >= 11 is 6.27. The highest BCUT2D eigenvalue weighted by Gasteiger charge is 2.25. The first-order valence-corrected chi connectivity index (χ1v) is 10.6. The van der Waals surface area contributed by atoms with Gasteiger partial charge in [-0.25, -0.2) is 9.82 Å². The molecule has 9 heteroatoms. The number of hydrogen-bond donors (Lipinski definition) is 2. The summed E-state index contributed by atoms with van der Waals surface area (Å²) in [5.74, 6) is 0.852. The number of nitrogens with zero attached hydrogens (tertiary/aromatic N) is 1. The van der Waals surface area contributed by atoms with Gasteiger partial charge in [-0.3, -0.25) is 9.59 Å². The predicted molar refractivity (Wildman–Crippen MR) is 125 cm³/mol. The van der Waals surface area contributed by atoms with Crippen LogP contribution in [0.5, 0.6) is 11.5 Å². The van der Waals surface area contributed by atoms with Gasteiger partial charge in [0.2, 0.25) is 0 Å². The minimum Gasteiger partial charge on any atom is -0.490 e. The Labute approximate surface area is 197 Å². The number of amides is 2. The van der Waals surface area contributed by atoms with Crippen LogP contribution in [0.1, 0.15) is 36.7 Å². The summed E-state index contributed by atoms with van der Waals surface area (Å²) in [7, 11) is 0. The first kappa shape index (κ1) is 25.7. The third-order valence-corrected chi connectivity index (χ3v) is 4.65. The van der Waals surface area contributed by atoms with Crippen molar-refractivity contribution in [3.8, 4) is 23.8 Å². The molecule has 2 aromatic carbocycles. The zero-order valence-corrected chi connectivity index (χ0v) is 19.3. The number of hydrazone groups is 1. The largest absolute Gasteiger partial charge is 0.490 e. The number of ether oxygens (including phenoxy) is 2. The standard InChI is InChI=1S/C24H25ClFN3O4/c1-5-11-33-22-18(25)12-16(13-20(22)32-6-2)14-27-29-24(31)21(15(3)4)28-23(30)17-9-7-8-10-19(17)26/h1,7-10,12-15,21H,6,11H2,2-4H3,(H,28,30)(H,29,31)/b27-14+. The normalized spacial score (nSPS) is 11.7. The zero-order valence-electron chi connectivity index (χ0n) is 18.5. The molecule has 2 aromatic rings. The Morgan fingerprint density at radius 2 is 2.00 bits per heavy atom. The van der Waals surface area contributed by atoms with Crippen LogP contribution in [0.2, 0.25) is 5.02 Å². The van der Waals surface area contributed by atoms with E-state index in [1.165, 1.54) is 30.5 Å². The summed E-state index contributed by atoms with van der Waals surface area (Å²) < 4.78 is 24.9. The molecular weight excluding hydrogens is 449 g/mol. The van der Waals surface area contributed by atoms with E-state index in [0.29, 0.717) is 23.7 Å². The van der Waals surface area contributed by atoms with Crippen LogP contribution in [0.15, 0.2) is 41.5 Å². The van der Waals surface area contributed by atoms with Gasteiger partial charge in [0.25, 0.3) is 11.8 Å². The van der Waals surface area contributed by atoms with Crippen molar-refractivity contribution in [3.05, 3.63) is 58.4 Å². The maximum absolute atomic E-state index is 13.9. The molecule has 0 spiro atoms. The molecule has 0 bridgehead atoms. The third-order valence-electron chi connectivity index (χ3n) is 4.37. The lowest BCUT2D eigenvalue weighted by Crippen LogP contribution is -2.48. The lowest BCUT2D eigenvalue weighted by molar-refractivity contribution is -0.123. The molecule has 33 heavy (non-hydrogen) atoms. The van der Waals surface area contributed by atoms with Crippen LogP contribution < -0.4 is 20.2 Å². The lowest BCUT2D eigenvalue weighted by atomic mass is 10.0.